The molecule has 0 amide bonds. The van der Waals surface area contributed by atoms with Gasteiger partial charge in [-0.05, 0) is 49.6 Å². The van der Waals surface area contributed by atoms with Crippen LogP contribution in [0.5, 0.6) is 0 Å². The van der Waals surface area contributed by atoms with Crippen LogP contribution in [0.25, 0.3) is 33.5 Å². The lowest BCUT2D eigenvalue weighted by Gasteiger charge is -2.23. The molecule has 6 heteroatoms. The third kappa shape index (κ3) is 2.59. The monoisotopic (exact) mass is 344 g/mol. The Morgan fingerprint density at radius 3 is 2.96 bits per heavy atom. The average Bonchev–Trinajstić information content (AvgIpc) is 3.37. The lowest BCUT2D eigenvalue weighted by atomic mass is 10.1. The summed E-state index contributed by atoms with van der Waals surface area (Å²) < 4.78 is 8.01. The van der Waals surface area contributed by atoms with Gasteiger partial charge >= 0.3 is 0 Å². The van der Waals surface area contributed by atoms with Crippen molar-refractivity contribution in [1.29, 1.82) is 0 Å². The van der Waals surface area contributed by atoms with Crippen molar-refractivity contribution in [3.63, 3.8) is 0 Å². The highest BCUT2D eigenvalue weighted by Crippen LogP contribution is 2.34. The van der Waals surface area contributed by atoms with E-state index in [1.807, 2.05) is 28.9 Å². The summed E-state index contributed by atoms with van der Waals surface area (Å²) in [5.74, 6) is 0.680. The smallest absolute Gasteiger partial charge is 0.180 e. The SMILES string of the molecule is [c]1cccc(-c2nn(C3CCCCO3)c3ccc(-c4nc[nH]n4)cc23)c1. The Kier molecular flexibility index (Phi) is 3.75. The minimum atomic E-state index is -0.0120. The van der Waals surface area contributed by atoms with Crippen LogP contribution in [-0.4, -0.2) is 31.6 Å². The normalized spacial score (nSPS) is 17.6. The van der Waals surface area contributed by atoms with Crippen molar-refractivity contribution in [2.45, 2.75) is 25.5 Å². The second-order valence-electron chi connectivity index (χ2n) is 6.46. The summed E-state index contributed by atoms with van der Waals surface area (Å²) in [6.07, 6.45) is 4.84. The number of fused-ring (bicyclic) bond motifs is 1. The number of hydrogen-bond donors (Lipinski definition) is 1. The van der Waals surface area contributed by atoms with Crippen molar-refractivity contribution in [3.8, 4) is 22.6 Å². The number of aromatic nitrogens is 5. The zero-order chi connectivity index (χ0) is 17.3. The first-order valence-electron chi connectivity index (χ1n) is 8.87. The molecule has 1 saturated heterocycles. The molecule has 1 aliphatic rings. The molecule has 5 rings (SSSR count). The molecular weight excluding hydrogens is 326 g/mol. The van der Waals surface area contributed by atoms with Crippen molar-refractivity contribution in [2.75, 3.05) is 6.61 Å². The first kappa shape index (κ1) is 15.3. The second-order valence-corrected chi connectivity index (χ2v) is 6.46. The van der Waals surface area contributed by atoms with Crippen molar-refractivity contribution < 1.29 is 4.74 Å². The molecule has 1 fully saturated rings. The van der Waals surface area contributed by atoms with Gasteiger partial charge < -0.3 is 4.74 Å². The number of rotatable bonds is 3. The average molecular weight is 344 g/mol. The van der Waals surface area contributed by atoms with Crippen LogP contribution < -0.4 is 0 Å². The molecule has 4 aromatic rings. The van der Waals surface area contributed by atoms with E-state index in [1.165, 1.54) is 0 Å². The molecule has 1 unspecified atom stereocenters. The standard InChI is InChI=1S/C20H18N5O/c1-2-6-14(7-3-1)19-16-12-15(20-21-13-22-23-20)9-10-17(16)25(24-19)18-8-4-5-11-26-18/h1-2,6-7,9-10,12-13,18H,4-5,8,11H2,(H,21,22,23). The lowest BCUT2D eigenvalue weighted by molar-refractivity contribution is -0.0365. The van der Waals surface area contributed by atoms with Gasteiger partial charge in [-0.15, -0.1) is 0 Å². The summed E-state index contributed by atoms with van der Waals surface area (Å²) in [6.45, 7) is 0.787. The van der Waals surface area contributed by atoms with Gasteiger partial charge in [-0.2, -0.15) is 10.2 Å². The van der Waals surface area contributed by atoms with Crippen LogP contribution in [0.4, 0.5) is 0 Å². The molecule has 2 aromatic carbocycles. The highest BCUT2D eigenvalue weighted by atomic mass is 16.5. The zero-order valence-electron chi connectivity index (χ0n) is 14.2. The third-order valence-corrected chi connectivity index (χ3v) is 4.79. The van der Waals surface area contributed by atoms with Crippen molar-refractivity contribution in [3.05, 3.63) is 54.9 Å². The Labute approximate surface area is 150 Å². The molecule has 26 heavy (non-hydrogen) atoms. The Morgan fingerprint density at radius 1 is 1.19 bits per heavy atom. The number of ether oxygens (including phenoxy) is 1. The maximum atomic E-state index is 5.99. The maximum absolute atomic E-state index is 5.99. The Bertz CT molecular complexity index is 1020. The van der Waals surface area contributed by atoms with Crippen LogP contribution in [0.2, 0.25) is 0 Å². The van der Waals surface area contributed by atoms with Crippen molar-refractivity contribution in [2.24, 2.45) is 0 Å². The first-order chi connectivity index (χ1) is 12.9. The predicted octanol–water partition coefficient (Wildman–Crippen LogP) is 3.99. The molecule has 3 heterocycles. The van der Waals surface area contributed by atoms with E-state index in [9.17, 15) is 0 Å². The minimum absolute atomic E-state index is 0.0120. The topological polar surface area (TPSA) is 68.6 Å². The van der Waals surface area contributed by atoms with Gasteiger partial charge in [0.1, 0.15) is 12.0 Å². The number of nitrogens with zero attached hydrogens (tertiary/aromatic N) is 4. The zero-order valence-corrected chi connectivity index (χ0v) is 14.2. The van der Waals surface area contributed by atoms with E-state index < -0.39 is 0 Å². The van der Waals surface area contributed by atoms with E-state index in [0.717, 1.165) is 53.6 Å². The van der Waals surface area contributed by atoms with Gasteiger partial charge in [-0.1, -0.05) is 18.2 Å². The number of nitrogens with one attached hydrogen (secondary N) is 1. The van der Waals surface area contributed by atoms with Crippen LogP contribution in [0.15, 0.2) is 48.8 Å². The third-order valence-electron chi connectivity index (χ3n) is 4.79. The molecule has 129 valence electrons. The fourth-order valence-corrected chi connectivity index (χ4v) is 3.52. The summed E-state index contributed by atoms with van der Waals surface area (Å²) in [6, 6.07) is 17.3. The molecule has 0 aliphatic carbocycles. The van der Waals surface area contributed by atoms with Gasteiger partial charge in [0.2, 0.25) is 0 Å². The van der Waals surface area contributed by atoms with Crippen molar-refractivity contribution >= 4 is 10.9 Å². The van der Waals surface area contributed by atoms with E-state index in [1.54, 1.807) is 6.33 Å². The molecule has 1 aliphatic heterocycles. The molecule has 0 bridgehead atoms. The fourth-order valence-electron chi connectivity index (χ4n) is 3.52. The quantitative estimate of drug-likeness (QED) is 0.610. The second kappa shape index (κ2) is 6.38. The fraction of sp³-hybridized carbons (Fsp3) is 0.250. The highest BCUT2D eigenvalue weighted by Gasteiger charge is 2.22. The molecule has 2 aromatic heterocycles. The highest BCUT2D eigenvalue weighted by molar-refractivity contribution is 5.95. The van der Waals surface area contributed by atoms with Gasteiger partial charge in [-0.25, -0.2) is 9.67 Å². The molecule has 0 saturated carbocycles. The van der Waals surface area contributed by atoms with Gasteiger partial charge in [0, 0.05) is 23.1 Å². The van der Waals surface area contributed by atoms with Gasteiger partial charge in [-0.3, -0.25) is 5.10 Å². The number of benzene rings is 2. The number of hydrogen-bond acceptors (Lipinski definition) is 4. The predicted molar refractivity (Wildman–Crippen MR) is 98.2 cm³/mol. The molecule has 6 nitrogen and oxygen atoms in total. The number of aromatic amines is 1. The minimum Gasteiger partial charge on any atom is -0.356 e. The van der Waals surface area contributed by atoms with Gasteiger partial charge in [0.25, 0.3) is 0 Å². The number of H-pyrrole nitrogens is 1. The van der Waals surface area contributed by atoms with E-state index >= 15 is 0 Å². The van der Waals surface area contributed by atoms with E-state index in [2.05, 4.69) is 39.4 Å². The van der Waals surface area contributed by atoms with Crippen LogP contribution >= 0.6 is 0 Å². The van der Waals surface area contributed by atoms with Crippen LogP contribution in [0, 0.1) is 6.07 Å². The maximum Gasteiger partial charge on any atom is 0.180 e. The summed E-state index contributed by atoms with van der Waals surface area (Å²) in [5.41, 5.74) is 4.00. The Hall–Kier alpha value is -2.99. The molecule has 1 atom stereocenters. The molecule has 0 spiro atoms. The Balaban J connectivity index is 1.71. The lowest BCUT2D eigenvalue weighted by Crippen LogP contribution is -2.19. The summed E-state index contributed by atoms with van der Waals surface area (Å²) in [5, 5.41) is 13.0. The summed E-state index contributed by atoms with van der Waals surface area (Å²) in [7, 11) is 0. The summed E-state index contributed by atoms with van der Waals surface area (Å²) >= 11 is 0. The molecule has 1 N–H and O–H groups in total. The van der Waals surface area contributed by atoms with Crippen LogP contribution in [-0.2, 0) is 4.74 Å². The Morgan fingerprint density at radius 2 is 2.19 bits per heavy atom. The van der Waals surface area contributed by atoms with E-state index in [-0.39, 0.29) is 6.23 Å². The summed E-state index contributed by atoms with van der Waals surface area (Å²) in [4.78, 5) is 4.27. The van der Waals surface area contributed by atoms with E-state index in [4.69, 9.17) is 9.84 Å². The van der Waals surface area contributed by atoms with Gasteiger partial charge in [0.05, 0.1) is 5.52 Å². The van der Waals surface area contributed by atoms with Crippen LogP contribution in [0.3, 0.4) is 0 Å². The van der Waals surface area contributed by atoms with E-state index in [0.29, 0.717) is 5.82 Å². The largest absolute Gasteiger partial charge is 0.356 e. The van der Waals surface area contributed by atoms with Crippen LogP contribution in [0.1, 0.15) is 25.5 Å². The van der Waals surface area contributed by atoms with Crippen molar-refractivity contribution in [1.82, 2.24) is 25.0 Å². The first-order valence-corrected chi connectivity index (χ1v) is 8.87. The molecular formula is C20H18N5O. The van der Waals surface area contributed by atoms with Gasteiger partial charge in [0.15, 0.2) is 12.1 Å². The molecule has 1 radical (unpaired) electrons.